The lowest BCUT2D eigenvalue weighted by molar-refractivity contribution is 0.122. The van der Waals surface area contributed by atoms with Gasteiger partial charge < -0.3 is 19.4 Å². The molecule has 1 aliphatic rings. The standard InChI is InChI=1S/C15H22N6O2/c1-3-11-9-12(16-10-14-20-19-13(4-2)23-14)18-15(17-11)21-5-7-22-8-6-21/h9H,3-8,10H2,1-2H3,(H,16,17,18). The summed E-state index contributed by atoms with van der Waals surface area (Å²) in [6, 6.07) is 1.96. The SMILES string of the molecule is CCc1cc(NCc2nnc(CC)o2)nc(N2CCOCC2)n1. The molecule has 1 N–H and O–H groups in total. The molecule has 0 unspecified atom stereocenters. The van der Waals surface area contributed by atoms with Crippen molar-refractivity contribution in [2.24, 2.45) is 0 Å². The van der Waals surface area contributed by atoms with Crippen LogP contribution in [0.5, 0.6) is 0 Å². The second kappa shape index (κ2) is 7.36. The van der Waals surface area contributed by atoms with Gasteiger partial charge in [0.05, 0.1) is 19.8 Å². The molecule has 8 nitrogen and oxygen atoms in total. The predicted octanol–water partition coefficient (Wildman–Crippen LogP) is 1.43. The Bertz CT molecular complexity index is 639. The second-order valence-corrected chi connectivity index (χ2v) is 5.29. The van der Waals surface area contributed by atoms with Crippen molar-refractivity contribution < 1.29 is 9.15 Å². The van der Waals surface area contributed by atoms with Crippen LogP contribution >= 0.6 is 0 Å². The number of aromatic nitrogens is 4. The molecule has 0 bridgehead atoms. The Balaban J connectivity index is 1.72. The highest BCUT2D eigenvalue weighted by Crippen LogP contribution is 2.16. The van der Waals surface area contributed by atoms with Crippen LogP contribution in [-0.2, 0) is 24.1 Å². The number of anilines is 2. The van der Waals surface area contributed by atoms with E-state index < -0.39 is 0 Å². The van der Waals surface area contributed by atoms with E-state index in [1.54, 1.807) is 0 Å². The molecule has 1 aliphatic heterocycles. The summed E-state index contributed by atoms with van der Waals surface area (Å²) in [4.78, 5) is 11.4. The van der Waals surface area contributed by atoms with E-state index in [9.17, 15) is 0 Å². The highest BCUT2D eigenvalue weighted by atomic mass is 16.5. The lowest BCUT2D eigenvalue weighted by Crippen LogP contribution is -2.37. The number of hydrogen-bond donors (Lipinski definition) is 1. The number of nitrogens with one attached hydrogen (secondary N) is 1. The average Bonchev–Trinajstić information content (AvgIpc) is 3.08. The van der Waals surface area contributed by atoms with Gasteiger partial charge in [-0.15, -0.1) is 10.2 Å². The van der Waals surface area contributed by atoms with Crippen LogP contribution in [0.1, 0.15) is 31.3 Å². The van der Waals surface area contributed by atoms with E-state index in [0.29, 0.717) is 31.5 Å². The Morgan fingerprint density at radius 2 is 1.87 bits per heavy atom. The number of aryl methyl sites for hydroxylation is 2. The Morgan fingerprint density at radius 1 is 1.09 bits per heavy atom. The number of ether oxygens (including phenoxy) is 1. The zero-order valence-electron chi connectivity index (χ0n) is 13.6. The number of morpholine rings is 1. The minimum atomic E-state index is 0.454. The van der Waals surface area contributed by atoms with Gasteiger partial charge in [0.25, 0.3) is 0 Å². The molecule has 23 heavy (non-hydrogen) atoms. The highest BCUT2D eigenvalue weighted by molar-refractivity contribution is 5.44. The Labute approximate surface area is 135 Å². The lowest BCUT2D eigenvalue weighted by Gasteiger charge is -2.27. The first-order valence-electron chi connectivity index (χ1n) is 8.04. The topological polar surface area (TPSA) is 89.2 Å². The van der Waals surface area contributed by atoms with E-state index in [4.69, 9.17) is 9.15 Å². The third-order valence-corrected chi connectivity index (χ3v) is 3.66. The van der Waals surface area contributed by atoms with E-state index in [1.807, 2.05) is 13.0 Å². The minimum Gasteiger partial charge on any atom is -0.423 e. The summed E-state index contributed by atoms with van der Waals surface area (Å²) in [5.41, 5.74) is 1.00. The molecule has 124 valence electrons. The normalized spacial score (nSPS) is 15.0. The van der Waals surface area contributed by atoms with Crippen molar-refractivity contribution in [3.05, 3.63) is 23.5 Å². The summed E-state index contributed by atoms with van der Waals surface area (Å²) in [6.45, 7) is 7.58. The molecule has 1 fully saturated rings. The van der Waals surface area contributed by atoms with Gasteiger partial charge in [0.15, 0.2) is 0 Å². The van der Waals surface area contributed by atoms with Crippen LogP contribution in [0.4, 0.5) is 11.8 Å². The quantitative estimate of drug-likeness (QED) is 0.855. The molecule has 0 amide bonds. The summed E-state index contributed by atoms with van der Waals surface area (Å²) >= 11 is 0. The maximum atomic E-state index is 5.50. The first-order valence-corrected chi connectivity index (χ1v) is 8.04. The monoisotopic (exact) mass is 318 g/mol. The molecule has 3 rings (SSSR count). The molecule has 2 aromatic rings. The van der Waals surface area contributed by atoms with Crippen molar-refractivity contribution in [2.75, 3.05) is 36.5 Å². The van der Waals surface area contributed by atoms with Crippen molar-refractivity contribution >= 4 is 11.8 Å². The smallest absolute Gasteiger partial charge is 0.235 e. The summed E-state index contributed by atoms with van der Waals surface area (Å²) in [5.74, 6) is 2.73. The van der Waals surface area contributed by atoms with Gasteiger partial charge in [0.1, 0.15) is 5.82 Å². The van der Waals surface area contributed by atoms with Gasteiger partial charge in [-0.1, -0.05) is 13.8 Å². The Morgan fingerprint density at radius 3 is 2.57 bits per heavy atom. The molecule has 1 saturated heterocycles. The zero-order chi connectivity index (χ0) is 16.1. The van der Waals surface area contributed by atoms with Crippen LogP contribution in [0.3, 0.4) is 0 Å². The van der Waals surface area contributed by atoms with Gasteiger partial charge in [0, 0.05) is 31.3 Å². The average molecular weight is 318 g/mol. The van der Waals surface area contributed by atoms with Crippen LogP contribution < -0.4 is 10.2 Å². The van der Waals surface area contributed by atoms with E-state index in [-0.39, 0.29) is 0 Å². The van der Waals surface area contributed by atoms with Crippen molar-refractivity contribution in [1.82, 2.24) is 20.2 Å². The first kappa shape index (κ1) is 15.7. The molecule has 3 heterocycles. The molecular weight excluding hydrogens is 296 g/mol. The largest absolute Gasteiger partial charge is 0.423 e. The van der Waals surface area contributed by atoms with E-state index in [1.165, 1.54) is 0 Å². The molecule has 0 aliphatic carbocycles. The minimum absolute atomic E-state index is 0.454. The molecule has 0 atom stereocenters. The van der Waals surface area contributed by atoms with Crippen LogP contribution in [0, 0.1) is 0 Å². The van der Waals surface area contributed by atoms with Crippen LogP contribution in [0.15, 0.2) is 10.5 Å². The third-order valence-electron chi connectivity index (χ3n) is 3.66. The van der Waals surface area contributed by atoms with Crippen LogP contribution in [0.2, 0.25) is 0 Å². The van der Waals surface area contributed by atoms with Crippen LogP contribution in [-0.4, -0.2) is 46.5 Å². The molecular formula is C15H22N6O2. The fourth-order valence-electron chi connectivity index (χ4n) is 2.33. The van der Waals surface area contributed by atoms with E-state index in [2.05, 4.69) is 37.3 Å². The maximum Gasteiger partial charge on any atom is 0.235 e. The fourth-order valence-corrected chi connectivity index (χ4v) is 2.33. The van der Waals surface area contributed by atoms with Gasteiger partial charge in [-0.25, -0.2) is 4.98 Å². The highest BCUT2D eigenvalue weighted by Gasteiger charge is 2.15. The van der Waals surface area contributed by atoms with Gasteiger partial charge in [-0.3, -0.25) is 0 Å². The Kier molecular flexibility index (Phi) is 5.02. The molecule has 0 radical (unpaired) electrons. The van der Waals surface area contributed by atoms with Crippen LogP contribution in [0.25, 0.3) is 0 Å². The van der Waals surface area contributed by atoms with Crippen molar-refractivity contribution in [2.45, 2.75) is 33.2 Å². The predicted molar refractivity (Wildman–Crippen MR) is 85.4 cm³/mol. The summed E-state index contributed by atoms with van der Waals surface area (Å²) in [7, 11) is 0. The third kappa shape index (κ3) is 3.95. The summed E-state index contributed by atoms with van der Waals surface area (Å²) in [6.07, 6.45) is 1.59. The van der Waals surface area contributed by atoms with Gasteiger partial charge in [-0.05, 0) is 6.42 Å². The van der Waals surface area contributed by atoms with Gasteiger partial charge in [0.2, 0.25) is 17.7 Å². The Hall–Kier alpha value is -2.22. The van der Waals surface area contributed by atoms with E-state index in [0.717, 1.165) is 43.4 Å². The zero-order valence-corrected chi connectivity index (χ0v) is 13.6. The van der Waals surface area contributed by atoms with Crippen molar-refractivity contribution in [3.63, 3.8) is 0 Å². The number of hydrogen-bond acceptors (Lipinski definition) is 8. The summed E-state index contributed by atoms with van der Waals surface area (Å²) in [5, 5.41) is 11.2. The van der Waals surface area contributed by atoms with Gasteiger partial charge in [-0.2, -0.15) is 4.98 Å². The molecule has 0 aromatic carbocycles. The van der Waals surface area contributed by atoms with Gasteiger partial charge >= 0.3 is 0 Å². The second-order valence-electron chi connectivity index (χ2n) is 5.29. The molecule has 0 saturated carbocycles. The molecule has 8 heteroatoms. The lowest BCUT2D eigenvalue weighted by atomic mass is 10.3. The first-order chi connectivity index (χ1) is 11.3. The molecule has 0 spiro atoms. The summed E-state index contributed by atoms with van der Waals surface area (Å²) < 4.78 is 10.9. The number of rotatable bonds is 6. The maximum absolute atomic E-state index is 5.50. The fraction of sp³-hybridized carbons (Fsp3) is 0.600. The number of nitrogens with zero attached hydrogens (tertiary/aromatic N) is 5. The van der Waals surface area contributed by atoms with E-state index >= 15 is 0 Å². The molecule has 2 aromatic heterocycles. The van der Waals surface area contributed by atoms with Crippen molar-refractivity contribution in [3.8, 4) is 0 Å². The van der Waals surface area contributed by atoms with Crippen molar-refractivity contribution in [1.29, 1.82) is 0 Å².